The molecule has 4 heteroatoms. The maximum absolute atomic E-state index is 0. The molecule has 4 heavy (non-hydrogen) atoms. The van der Waals surface area contributed by atoms with Crippen molar-refractivity contribution in [2.24, 2.45) is 0 Å². The minimum Gasteiger partial charge on any atom is -0.870 e. The van der Waals surface area contributed by atoms with Crippen molar-refractivity contribution in [2.75, 3.05) is 0 Å². The SMILES string of the molecule is [Co+2].[Mg+2].[OH-].[OH-]. The summed E-state index contributed by atoms with van der Waals surface area (Å²) < 4.78 is 0. The zero-order valence-corrected chi connectivity index (χ0v) is 4.39. The van der Waals surface area contributed by atoms with E-state index in [1.165, 1.54) is 0 Å². The summed E-state index contributed by atoms with van der Waals surface area (Å²) in [6, 6.07) is 0. The van der Waals surface area contributed by atoms with Gasteiger partial charge in [0.1, 0.15) is 0 Å². The minimum absolute atomic E-state index is 0. The molecule has 2 N–H and O–H groups in total. The molecule has 0 aliphatic heterocycles. The Labute approximate surface area is 50.9 Å². The van der Waals surface area contributed by atoms with Crippen LogP contribution in [0.4, 0.5) is 0 Å². The zero-order chi connectivity index (χ0) is 0. The molecule has 0 rings (SSSR count). The van der Waals surface area contributed by atoms with Crippen LogP contribution in [0.5, 0.6) is 0 Å². The van der Waals surface area contributed by atoms with Crippen molar-refractivity contribution in [1.29, 1.82) is 0 Å². The van der Waals surface area contributed by atoms with E-state index in [1.54, 1.807) is 0 Å². The van der Waals surface area contributed by atoms with E-state index in [9.17, 15) is 0 Å². The van der Waals surface area contributed by atoms with Gasteiger partial charge in [0.15, 0.2) is 0 Å². The Hall–Kier alpha value is 1.19. The molecule has 0 saturated heterocycles. The van der Waals surface area contributed by atoms with Gasteiger partial charge in [0.2, 0.25) is 0 Å². The second-order valence-corrected chi connectivity index (χ2v) is 0. The topological polar surface area (TPSA) is 60.0 Å². The summed E-state index contributed by atoms with van der Waals surface area (Å²) in [5, 5.41) is 0. The Kier molecular flexibility index (Phi) is 482. The summed E-state index contributed by atoms with van der Waals surface area (Å²) in [5.74, 6) is 0. The Bertz CT molecular complexity index is 6.00. The Morgan fingerprint density at radius 1 is 0.750 bits per heavy atom. The normalized spacial score (nSPS) is 0. The Morgan fingerprint density at radius 2 is 0.750 bits per heavy atom. The Balaban J connectivity index is 0. The van der Waals surface area contributed by atoms with E-state index < -0.39 is 0 Å². The molecule has 0 spiro atoms. The molecule has 0 saturated carbocycles. The first-order valence-electron chi connectivity index (χ1n) is 0. The summed E-state index contributed by atoms with van der Waals surface area (Å²) in [6.07, 6.45) is 0. The molecule has 0 heterocycles. The summed E-state index contributed by atoms with van der Waals surface area (Å²) in [5.41, 5.74) is 0. The average Bonchev–Trinajstić information content (AvgIpc) is 0. The van der Waals surface area contributed by atoms with Gasteiger partial charge in [0.05, 0.1) is 0 Å². The zero-order valence-electron chi connectivity index (χ0n) is 1.93. The van der Waals surface area contributed by atoms with Gasteiger partial charge < -0.3 is 11.0 Å². The second kappa shape index (κ2) is 30.0. The molecule has 0 aliphatic carbocycles. The molecule has 0 aromatic heterocycles. The van der Waals surface area contributed by atoms with Gasteiger partial charge in [-0.1, -0.05) is 0 Å². The van der Waals surface area contributed by atoms with Crippen molar-refractivity contribution in [3.8, 4) is 0 Å². The average molecular weight is 117 g/mol. The van der Waals surface area contributed by atoms with Crippen LogP contribution in [0.1, 0.15) is 0 Å². The van der Waals surface area contributed by atoms with Crippen LogP contribution < -0.4 is 0 Å². The van der Waals surface area contributed by atoms with Crippen LogP contribution in [-0.4, -0.2) is 34.0 Å². The fraction of sp³-hybridized carbons (Fsp3) is 0. The van der Waals surface area contributed by atoms with Crippen LogP contribution in [0.2, 0.25) is 0 Å². The van der Waals surface area contributed by atoms with Gasteiger partial charge in [-0.05, 0) is 0 Å². The van der Waals surface area contributed by atoms with Crippen molar-refractivity contribution in [3.05, 3.63) is 0 Å². The molecule has 0 aromatic rings. The van der Waals surface area contributed by atoms with Gasteiger partial charge >= 0.3 is 39.8 Å². The Morgan fingerprint density at radius 3 is 0.750 bits per heavy atom. The van der Waals surface area contributed by atoms with Gasteiger partial charge in [-0.2, -0.15) is 0 Å². The third kappa shape index (κ3) is 10.8. The van der Waals surface area contributed by atoms with E-state index in [1.807, 2.05) is 0 Å². The molecule has 0 bridgehead atoms. The first kappa shape index (κ1) is 64.2. The van der Waals surface area contributed by atoms with E-state index >= 15 is 0 Å². The molecule has 0 fully saturated rings. The van der Waals surface area contributed by atoms with Crippen molar-refractivity contribution in [1.82, 2.24) is 0 Å². The minimum atomic E-state index is 0. The first-order chi connectivity index (χ1) is 0. The molecule has 23 valence electrons. The van der Waals surface area contributed by atoms with Gasteiger partial charge in [-0.25, -0.2) is 0 Å². The van der Waals surface area contributed by atoms with Crippen molar-refractivity contribution in [2.45, 2.75) is 0 Å². The van der Waals surface area contributed by atoms with Crippen LogP contribution >= 0.6 is 0 Å². The van der Waals surface area contributed by atoms with Crippen LogP contribution in [0.3, 0.4) is 0 Å². The fourth-order valence-corrected chi connectivity index (χ4v) is 0. The van der Waals surface area contributed by atoms with Crippen molar-refractivity contribution >= 4 is 23.1 Å². The maximum Gasteiger partial charge on any atom is 2.00 e. The quantitative estimate of drug-likeness (QED) is 0.392. The molecule has 0 amide bonds. The third-order valence-corrected chi connectivity index (χ3v) is 0. The first-order valence-corrected chi connectivity index (χ1v) is 0. The molecule has 0 aromatic carbocycles. The van der Waals surface area contributed by atoms with E-state index in [2.05, 4.69) is 0 Å². The molecular formula is H2CoMgO2+2. The summed E-state index contributed by atoms with van der Waals surface area (Å²) >= 11 is 0. The molecule has 0 atom stereocenters. The summed E-state index contributed by atoms with van der Waals surface area (Å²) in [6.45, 7) is 0. The summed E-state index contributed by atoms with van der Waals surface area (Å²) in [4.78, 5) is 0. The van der Waals surface area contributed by atoms with Gasteiger partial charge in [-0.3, -0.25) is 0 Å². The van der Waals surface area contributed by atoms with Crippen LogP contribution in [0.25, 0.3) is 0 Å². The van der Waals surface area contributed by atoms with Crippen molar-refractivity contribution < 1.29 is 27.7 Å². The number of rotatable bonds is 0. The van der Waals surface area contributed by atoms with E-state index in [0.29, 0.717) is 0 Å². The van der Waals surface area contributed by atoms with Crippen LogP contribution in [0.15, 0.2) is 0 Å². The molecule has 0 aliphatic rings. The molecule has 2 nitrogen and oxygen atoms in total. The number of hydrogen-bond acceptors (Lipinski definition) is 2. The van der Waals surface area contributed by atoms with Gasteiger partial charge in [0, 0.05) is 0 Å². The van der Waals surface area contributed by atoms with E-state index in [4.69, 9.17) is 0 Å². The van der Waals surface area contributed by atoms with E-state index in [0.717, 1.165) is 0 Å². The third-order valence-electron chi connectivity index (χ3n) is 0. The molecule has 0 unspecified atom stereocenters. The standard InChI is InChI=1S/Co.Mg.2H2O/h;;2*1H2/q2*+2;;/p-2. The second-order valence-electron chi connectivity index (χ2n) is 0. The smallest absolute Gasteiger partial charge is 0.870 e. The molecule has 1 radical (unpaired) electrons. The fourth-order valence-electron chi connectivity index (χ4n) is 0. The number of hydrogen-bond donors (Lipinski definition) is 0. The monoisotopic (exact) mass is 117 g/mol. The largest absolute Gasteiger partial charge is 2.00 e. The van der Waals surface area contributed by atoms with Gasteiger partial charge in [0.25, 0.3) is 0 Å². The maximum atomic E-state index is 0. The predicted octanol–water partition coefficient (Wildman–Crippen LogP) is -0.737. The van der Waals surface area contributed by atoms with E-state index in [-0.39, 0.29) is 50.8 Å². The summed E-state index contributed by atoms with van der Waals surface area (Å²) in [7, 11) is 0. The van der Waals surface area contributed by atoms with Crippen LogP contribution in [-0.2, 0) is 16.8 Å². The van der Waals surface area contributed by atoms with Crippen LogP contribution in [0, 0.1) is 0 Å². The van der Waals surface area contributed by atoms with Gasteiger partial charge in [-0.15, -0.1) is 0 Å². The van der Waals surface area contributed by atoms with Crippen molar-refractivity contribution in [3.63, 3.8) is 0 Å². The predicted molar refractivity (Wildman–Crippen MR) is 9.63 cm³/mol. The molecular weight excluding hydrogens is 115 g/mol.